The molecule has 5 nitrogen and oxygen atoms in total. The first-order valence-corrected chi connectivity index (χ1v) is 11.9. The molecule has 156 valence electrons. The zero-order valence-electron chi connectivity index (χ0n) is 16.6. The minimum atomic E-state index is -3.56. The predicted octanol–water partition coefficient (Wildman–Crippen LogP) is 4.57. The van der Waals surface area contributed by atoms with Gasteiger partial charge in [-0.2, -0.15) is 4.31 Å². The highest BCUT2D eigenvalue weighted by molar-refractivity contribution is 7.89. The van der Waals surface area contributed by atoms with E-state index in [1.54, 1.807) is 12.1 Å². The molecule has 29 heavy (non-hydrogen) atoms. The van der Waals surface area contributed by atoms with Crippen LogP contribution in [-0.4, -0.2) is 38.3 Å². The molecule has 0 spiro atoms. The van der Waals surface area contributed by atoms with Gasteiger partial charge in [-0.3, -0.25) is 4.79 Å². The van der Waals surface area contributed by atoms with E-state index in [1.165, 1.54) is 16.4 Å². The molecule has 7 heteroatoms. The second-order valence-electron chi connectivity index (χ2n) is 7.31. The van der Waals surface area contributed by atoms with Crippen molar-refractivity contribution in [2.24, 2.45) is 5.92 Å². The number of carbonyl (C=O) groups excluding carboxylic acids is 1. The van der Waals surface area contributed by atoms with Gasteiger partial charge in [0.25, 0.3) is 0 Å². The number of carbonyl (C=O) groups is 1. The van der Waals surface area contributed by atoms with E-state index in [1.807, 2.05) is 35.2 Å². The number of unbranched alkanes of at least 4 members (excludes halogenated alkanes) is 1. The maximum absolute atomic E-state index is 13.2. The quantitative estimate of drug-likeness (QED) is 0.641. The third-order valence-electron chi connectivity index (χ3n) is 5.32. The summed E-state index contributed by atoms with van der Waals surface area (Å²) >= 11 is 5.87. The molecule has 1 fully saturated rings. The number of hydrogen-bond acceptors (Lipinski definition) is 3. The number of sulfonamides is 1. The van der Waals surface area contributed by atoms with Crippen molar-refractivity contribution in [1.29, 1.82) is 0 Å². The highest BCUT2D eigenvalue weighted by atomic mass is 35.5. The number of benzene rings is 2. The van der Waals surface area contributed by atoms with E-state index in [4.69, 9.17) is 11.6 Å². The van der Waals surface area contributed by atoms with Crippen LogP contribution in [0.25, 0.3) is 0 Å². The van der Waals surface area contributed by atoms with Crippen molar-refractivity contribution < 1.29 is 13.2 Å². The Morgan fingerprint density at radius 1 is 1.07 bits per heavy atom. The SMILES string of the molecule is CCCCN(C(=O)C1CCN(S(=O)(=O)c2ccc(Cl)cc2)CC1)c1ccccc1. The molecule has 0 aliphatic carbocycles. The van der Waals surface area contributed by atoms with E-state index in [9.17, 15) is 13.2 Å². The van der Waals surface area contributed by atoms with Crippen molar-refractivity contribution >= 4 is 33.2 Å². The van der Waals surface area contributed by atoms with Crippen molar-refractivity contribution in [3.63, 3.8) is 0 Å². The number of halogens is 1. The van der Waals surface area contributed by atoms with E-state index < -0.39 is 10.0 Å². The summed E-state index contributed by atoms with van der Waals surface area (Å²) < 4.78 is 27.2. The van der Waals surface area contributed by atoms with Gasteiger partial charge < -0.3 is 4.90 Å². The fraction of sp³-hybridized carbons (Fsp3) is 0.409. The molecular weight excluding hydrogens is 408 g/mol. The molecule has 0 aromatic heterocycles. The van der Waals surface area contributed by atoms with Crippen LogP contribution >= 0.6 is 11.6 Å². The van der Waals surface area contributed by atoms with Crippen LogP contribution in [0.4, 0.5) is 5.69 Å². The lowest BCUT2D eigenvalue weighted by atomic mass is 9.96. The summed E-state index contributed by atoms with van der Waals surface area (Å²) in [5, 5.41) is 0.501. The van der Waals surface area contributed by atoms with Crippen molar-refractivity contribution in [3.05, 3.63) is 59.6 Å². The van der Waals surface area contributed by atoms with Gasteiger partial charge in [-0.15, -0.1) is 0 Å². The number of piperidine rings is 1. The van der Waals surface area contributed by atoms with Gasteiger partial charge in [0, 0.05) is 36.3 Å². The third kappa shape index (κ3) is 5.18. The van der Waals surface area contributed by atoms with Gasteiger partial charge in [0.2, 0.25) is 15.9 Å². The minimum absolute atomic E-state index is 0.0909. The fourth-order valence-corrected chi connectivity index (χ4v) is 5.21. The Morgan fingerprint density at radius 2 is 1.69 bits per heavy atom. The number of amides is 1. The Bertz CT molecular complexity index is 909. The summed E-state index contributed by atoms with van der Waals surface area (Å²) in [6.45, 7) is 3.48. The summed E-state index contributed by atoms with van der Waals surface area (Å²) in [6, 6.07) is 15.9. The van der Waals surface area contributed by atoms with E-state index >= 15 is 0 Å². The van der Waals surface area contributed by atoms with Crippen molar-refractivity contribution in [2.75, 3.05) is 24.5 Å². The number of nitrogens with zero attached hydrogens (tertiary/aromatic N) is 2. The van der Waals surface area contributed by atoms with Gasteiger partial charge in [0.05, 0.1) is 4.90 Å². The van der Waals surface area contributed by atoms with E-state index in [-0.39, 0.29) is 16.7 Å². The highest BCUT2D eigenvalue weighted by Gasteiger charge is 2.34. The van der Waals surface area contributed by atoms with E-state index in [0.717, 1.165) is 18.5 Å². The molecule has 0 atom stereocenters. The molecule has 1 saturated heterocycles. The molecule has 1 aliphatic rings. The topological polar surface area (TPSA) is 57.7 Å². The summed E-state index contributed by atoms with van der Waals surface area (Å²) in [7, 11) is -3.56. The average Bonchev–Trinajstić information content (AvgIpc) is 2.75. The largest absolute Gasteiger partial charge is 0.312 e. The molecule has 0 N–H and O–H groups in total. The lowest BCUT2D eigenvalue weighted by Gasteiger charge is -2.33. The van der Waals surface area contributed by atoms with E-state index in [2.05, 4.69) is 6.92 Å². The normalized spacial score (nSPS) is 15.9. The number of anilines is 1. The molecule has 2 aromatic rings. The van der Waals surface area contributed by atoms with E-state index in [0.29, 0.717) is 37.5 Å². The summed E-state index contributed by atoms with van der Waals surface area (Å²) in [5.41, 5.74) is 0.905. The monoisotopic (exact) mass is 434 g/mol. The minimum Gasteiger partial charge on any atom is -0.312 e. The Balaban J connectivity index is 1.68. The standard InChI is InChI=1S/C22H27ClN2O3S/c1-2-3-15-25(20-7-5-4-6-8-20)22(26)18-13-16-24(17-14-18)29(27,28)21-11-9-19(23)10-12-21/h4-12,18H,2-3,13-17H2,1H3. The maximum Gasteiger partial charge on any atom is 0.243 e. The van der Waals surface area contributed by atoms with Gasteiger partial charge in [-0.1, -0.05) is 43.1 Å². The molecule has 1 heterocycles. The molecule has 0 bridgehead atoms. The zero-order chi connectivity index (χ0) is 20.9. The van der Waals surface area contributed by atoms with Crippen LogP contribution in [0.5, 0.6) is 0 Å². The Labute approximate surface area is 178 Å². The van der Waals surface area contributed by atoms with Crippen LogP contribution in [-0.2, 0) is 14.8 Å². The lowest BCUT2D eigenvalue weighted by Crippen LogP contribution is -2.44. The van der Waals surface area contributed by atoms with Gasteiger partial charge in [0.1, 0.15) is 0 Å². The first-order valence-electron chi connectivity index (χ1n) is 10.1. The molecule has 2 aromatic carbocycles. The maximum atomic E-state index is 13.2. The smallest absolute Gasteiger partial charge is 0.243 e. The molecule has 1 amide bonds. The highest BCUT2D eigenvalue weighted by Crippen LogP contribution is 2.27. The number of hydrogen-bond donors (Lipinski definition) is 0. The molecule has 0 radical (unpaired) electrons. The van der Waals surface area contributed by atoms with Crippen LogP contribution in [0.3, 0.4) is 0 Å². The van der Waals surface area contributed by atoms with Crippen molar-refractivity contribution in [3.8, 4) is 0 Å². The second kappa shape index (κ2) is 9.74. The molecule has 3 rings (SSSR count). The van der Waals surface area contributed by atoms with Gasteiger partial charge in [-0.25, -0.2) is 8.42 Å². The van der Waals surface area contributed by atoms with Crippen LogP contribution in [0.1, 0.15) is 32.6 Å². The Kier molecular flexibility index (Phi) is 7.33. The number of para-hydroxylation sites is 1. The summed E-state index contributed by atoms with van der Waals surface area (Å²) in [5.74, 6) is -0.0723. The molecular formula is C22H27ClN2O3S. The van der Waals surface area contributed by atoms with Crippen molar-refractivity contribution in [1.82, 2.24) is 4.31 Å². The average molecular weight is 435 g/mol. The van der Waals surface area contributed by atoms with Crippen LogP contribution in [0.15, 0.2) is 59.5 Å². The van der Waals surface area contributed by atoms with Gasteiger partial charge >= 0.3 is 0 Å². The predicted molar refractivity (Wildman–Crippen MR) is 117 cm³/mol. The zero-order valence-corrected chi connectivity index (χ0v) is 18.2. The van der Waals surface area contributed by atoms with Gasteiger partial charge in [0.15, 0.2) is 0 Å². The van der Waals surface area contributed by atoms with Crippen LogP contribution in [0, 0.1) is 5.92 Å². The second-order valence-corrected chi connectivity index (χ2v) is 9.69. The summed E-state index contributed by atoms with van der Waals surface area (Å²) in [4.78, 5) is 15.3. The van der Waals surface area contributed by atoms with Crippen LogP contribution in [0.2, 0.25) is 5.02 Å². The first-order chi connectivity index (χ1) is 13.9. The number of rotatable bonds is 7. The summed E-state index contributed by atoms with van der Waals surface area (Å²) in [6.07, 6.45) is 3.00. The molecule has 0 unspecified atom stereocenters. The first kappa shape index (κ1) is 21.8. The molecule has 0 saturated carbocycles. The van der Waals surface area contributed by atoms with Crippen molar-refractivity contribution in [2.45, 2.75) is 37.5 Å². The molecule has 1 aliphatic heterocycles. The fourth-order valence-electron chi connectivity index (χ4n) is 3.61. The Morgan fingerprint density at radius 3 is 2.28 bits per heavy atom. The Hall–Kier alpha value is -1.89. The van der Waals surface area contributed by atoms with Gasteiger partial charge in [-0.05, 0) is 55.7 Å². The van der Waals surface area contributed by atoms with Crippen LogP contribution < -0.4 is 4.90 Å². The third-order valence-corrected chi connectivity index (χ3v) is 7.49. The lowest BCUT2D eigenvalue weighted by molar-refractivity contribution is -0.123.